The van der Waals surface area contributed by atoms with E-state index in [9.17, 15) is 9.59 Å². The number of nitrogens with zero attached hydrogens (tertiary/aromatic N) is 1. The first kappa shape index (κ1) is 14.5. The Kier molecular flexibility index (Phi) is 2.96. The number of halogens is 1. The van der Waals surface area contributed by atoms with E-state index in [1.807, 2.05) is 20.8 Å². The molecule has 5 nitrogen and oxygen atoms in total. The van der Waals surface area contributed by atoms with Gasteiger partial charge in [0.2, 0.25) is 0 Å². The van der Waals surface area contributed by atoms with Crippen molar-refractivity contribution in [3.05, 3.63) is 22.8 Å². The summed E-state index contributed by atoms with van der Waals surface area (Å²) in [5.74, 6) is -0.125. The zero-order valence-corrected chi connectivity index (χ0v) is 13.8. The molecule has 2 atom stereocenters. The minimum Gasteiger partial charge on any atom is -0.448 e. The predicted molar refractivity (Wildman–Crippen MR) is 80.5 cm³/mol. The smallest absolute Gasteiger partial charge is 0.313 e. The van der Waals surface area contributed by atoms with Crippen LogP contribution in [0, 0.1) is 10.8 Å². The van der Waals surface area contributed by atoms with Gasteiger partial charge in [0, 0.05) is 16.1 Å². The van der Waals surface area contributed by atoms with Crippen LogP contribution in [0.3, 0.4) is 0 Å². The lowest BCUT2D eigenvalue weighted by molar-refractivity contribution is -0.165. The molecule has 1 aliphatic carbocycles. The lowest BCUT2D eigenvalue weighted by atomic mass is 9.66. The Hall–Kier alpha value is -1.43. The maximum Gasteiger partial charge on any atom is 0.313 e. The molecule has 21 heavy (non-hydrogen) atoms. The van der Waals surface area contributed by atoms with Crippen LogP contribution in [0.1, 0.15) is 33.6 Å². The molecule has 2 bridgehead atoms. The van der Waals surface area contributed by atoms with Gasteiger partial charge in [0.1, 0.15) is 5.82 Å². The highest BCUT2D eigenvalue weighted by Crippen LogP contribution is 2.65. The minimum atomic E-state index is -1.10. The lowest BCUT2D eigenvalue weighted by Gasteiger charge is -2.35. The van der Waals surface area contributed by atoms with Crippen LogP contribution in [0.4, 0.5) is 5.82 Å². The zero-order valence-electron chi connectivity index (χ0n) is 12.2. The quantitative estimate of drug-likeness (QED) is 0.831. The van der Waals surface area contributed by atoms with Gasteiger partial charge in [-0.2, -0.15) is 0 Å². The van der Waals surface area contributed by atoms with Crippen molar-refractivity contribution in [3.8, 4) is 0 Å². The third-order valence-corrected chi connectivity index (χ3v) is 5.89. The largest absolute Gasteiger partial charge is 0.448 e. The number of nitrogens with one attached hydrogen (secondary N) is 1. The summed E-state index contributed by atoms with van der Waals surface area (Å²) >= 11 is 3.30. The molecule has 1 aromatic rings. The summed E-state index contributed by atoms with van der Waals surface area (Å²) in [4.78, 5) is 29.0. The molecule has 1 saturated carbocycles. The van der Waals surface area contributed by atoms with Crippen molar-refractivity contribution in [3.63, 3.8) is 0 Å². The summed E-state index contributed by atoms with van der Waals surface area (Å²) in [5.41, 5.74) is -2.25. The van der Waals surface area contributed by atoms with E-state index in [0.29, 0.717) is 18.7 Å². The van der Waals surface area contributed by atoms with E-state index in [1.54, 1.807) is 18.3 Å². The molecule has 1 amide bonds. The van der Waals surface area contributed by atoms with Gasteiger partial charge < -0.3 is 10.1 Å². The van der Waals surface area contributed by atoms with Crippen molar-refractivity contribution >= 4 is 33.6 Å². The molecule has 1 saturated heterocycles. The fraction of sp³-hybridized carbons (Fsp3) is 0.533. The summed E-state index contributed by atoms with van der Waals surface area (Å²) in [5, 5.41) is 2.77. The van der Waals surface area contributed by atoms with Crippen LogP contribution in [0.2, 0.25) is 0 Å². The van der Waals surface area contributed by atoms with Crippen molar-refractivity contribution in [2.24, 2.45) is 10.8 Å². The zero-order chi connectivity index (χ0) is 15.5. The van der Waals surface area contributed by atoms with E-state index < -0.39 is 16.4 Å². The number of carbonyl (C=O) groups is 2. The lowest BCUT2D eigenvalue weighted by Crippen LogP contribution is -2.50. The van der Waals surface area contributed by atoms with E-state index in [0.717, 1.165) is 4.47 Å². The van der Waals surface area contributed by atoms with Gasteiger partial charge in [0.15, 0.2) is 5.60 Å². The number of carbonyl (C=O) groups excluding carboxylic acids is 2. The monoisotopic (exact) mass is 352 g/mol. The standard InChI is InChI=1S/C15H17BrN2O3/c1-13(2)14(3)6-7-15(13,21-12(14)20)11(19)18-10-5-4-9(16)8-17-10/h4-5,8H,6-7H2,1-3H3,(H,17,18,19)/t14-,15-/m1/s1. The normalized spacial score (nSPS) is 32.9. The van der Waals surface area contributed by atoms with Gasteiger partial charge in [0.25, 0.3) is 5.91 Å². The third kappa shape index (κ3) is 1.71. The maximum absolute atomic E-state index is 12.7. The van der Waals surface area contributed by atoms with E-state index in [4.69, 9.17) is 4.74 Å². The van der Waals surface area contributed by atoms with Crippen LogP contribution < -0.4 is 5.32 Å². The first-order chi connectivity index (χ1) is 9.73. The topological polar surface area (TPSA) is 68.3 Å². The molecule has 3 rings (SSSR count). The SMILES string of the molecule is CC1(C)[C@]2(C)CC[C@]1(C(=O)Nc1ccc(Br)cn1)OC2=O. The number of anilines is 1. The second-order valence-electron chi connectivity index (χ2n) is 6.49. The molecular formula is C15H17BrN2O3. The molecule has 0 unspecified atom stereocenters. The number of ether oxygens (including phenoxy) is 1. The summed E-state index contributed by atoms with van der Waals surface area (Å²) in [6, 6.07) is 3.50. The fourth-order valence-electron chi connectivity index (χ4n) is 3.41. The van der Waals surface area contributed by atoms with Crippen LogP contribution in [0.25, 0.3) is 0 Å². The van der Waals surface area contributed by atoms with Gasteiger partial charge in [-0.3, -0.25) is 9.59 Å². The van der Waals surface area contributed by atoms with Crippen molar-refractivity contribution < 1.29 is 14.3 Å². The van der Waals surface area contributed by atoms with Crippen LogP contribution in [-0.2, 0) is 14.3 Å². The molecular weight excluding hydrogens is 336 g/mol. The Morgan fingerprint density at radius 2 is 2.05 bits per heavy atom. The van der Waals surface area contributed by atoms with Gasteiger partial charge in [0.05, 0.1) is 5.41 Å². The van der Waals surface area contributed by atoms with Gasteiger partial charge in [-0.1, -0.05) is 13.8 Å². The van der Waals surface area contributed by atoms with Crippen molar-refractivity contribution in [1.82, 2.24) is 4.98 Å². The molecule has 2 aliphatic rings. The third-order valence-electron chi connectivity index (χ3n) is 5.42. The van der Waals surface area contributed by atoms with Gasteiger partial charge >= 0.3 is 5.97 Å². The molecule has 0 radical (unpaired) electrons. The second kappa shape index (κ2) is 4.29. The van der Waals surface area contributed by atoms with E-state index in [1.165, 1.54) is 0 Å². The van der Waals surface area contributed by atoms with E-state index >= 15 is 0 Å². The van der Waals surface area contributed by atoms with Crippen LogP contribution in [0.15, 0.2) is 22.8 Å². The molecule has 112 valence electrons. The number of fused-ring (bicyclic) bond motifs is 2. The summed E-state index contributed by atoms with van der Waals surface area (Å²) < 4.78 is 6.37. The van der Waals surface area contributed by atoms with Crippen molar-refractivity contribution in [2.75, 3.05) is 5.32 Å². The highest BCUT2D eigenvalue weighted by molar-refractivity contribution is 9.10. The molecule has 1 aromatic heterocycles. The second-order valence-corrected chi connectivity index (χ2v) is 7.41. The van der Waals surface area contributed by atoms with Gasteiger partial charge in [-0.05, 0) is 47.8 Å². The molecule has 1 aliphatic heterocycles. The summed E-state index contributed by atoms with van der Waals surface area (Å²) in [6.45, 7) is 5.74. The summed E-state index contributed by atoms with van der Waals surface area (Å²) in [7, 11) is 0. The van der Waals surface area contributed by atoms with Crippen LogP contribution in [0.5, 0.6) is 0 Å². The fourth-order valence-corrected chi connectivity index (χ4v) is 3.65. The predicted octanol–water partition coefficient (Wildman–Crippen LogP) is 2.90. The molecule has 0 aromatic carbocycles. The highest BCUT2D eigenvalue weighted by atomic mass is 79.9. The average molecular weight is 353 g/mol. The summed E-state index contributed by atoms with van der Waals surface area (Å²) in [6.07, 6.45) is 2.82. The molecule has 0 spiro atoms. The Bertz CT molecular complexity index is 628. The number of hydrogen-bond acceptors (Lipinski definition) is 4. The number of esters is 1. The first-order valence-electron chi connectivity index (χ1n) is 6.89. The Morgan fingerprint density at radius 3 is 2.52 bits per heavy atom. The molecule has 2 heterocycles. The van der Waals surface area contributed by atoms with Crippen LogP contribution in [-0.4, -0.2) is 22.5 Å². The Balaban J connectivity index is 1.91. The number of pyridine rings is 1. The van der Waals surface area contributed by atoms with Crippen LogP contribution >= 0.6 is 15.9 Å². The van der Waals surface area contributed by atoms with Crippen molar-refractivity contribution in [1.29, 1.82) is 0 Å². The van der Waals surface area contributed by atoms with E-state index in [2.05, 4.69) is 26.2 Å². The first-order valence-corrected chi connectivity index (χ1v) is 7.69. The number of rotatable bonds is 2. The van der Waals surface area contributed by atoms with Crippen molar-refractivity contribution in [2.45, 2.75) is 39.2 Å². The highest BCUT2D eigenvalue weighted by Gasteiger charge is 2.75. The van der Waals surface area contributed by atoms with E-state index in [-0.39, 0.29) is 11.9 Å². The number of aromatic nitrogens is 1. The Morgan fingerprint density at radius 1 is 1.33 bits per heavy atom. The minimum absolute atomic E-state index is 0.280. The van der Waals surface area contributed by atoms with Gasteiger partial charge in [-0.15, -0.1) is 0 Å². The molecule has 1 N–H and O–H groups in total. The maximum atomic E-state index is 12.7. The van der Waals surface area contributed by atoms with Gasteiger partial charge in [-0.25, -0.2) is 4.98 Å². The molecule has 2 fully saturated rings. The average Bonchev–Trinajstić information content (AvgIpc) is 2.72. The molecule has 6 heteroatoms. The number of hydrogen-bond donors (Lipinski definition) is 1. The number of amides is 1. The Labute approximate surface area is 131 Å².